The summed E-state index contributed by atoms with van der Waals surface area (Å²) in [5.74, 6) is -0.000386. The average Bonchev–Trinajstić information content (AvgIpc) is 3.05. The minimum atomic E-state index is -0.555. The van der Waals surface area contributed by atoms with Crippen LogP contribution in [-0.2, 0) is 0 Å². The number of amides is 2. The van der Waals surface area contributed by atoms with Gasteiger partial charge in [0.2, 0.25) is 5.75 Å². The van der Waals surface area contributed by atoms with Crippen molar-refractivity contribution in [3.63, 3.8) is 0 Å². The molecule has 0 bridgehead atoms. The maximum atomic E-state index is 13.1. The number of esters is 1. The molecule has 11 heteroatoms. The van der Waals surface area contributed by atoms with Crippen LogP contribution in [0, 0.1) is 6.92 Å². The smallest absolute Gasteiger partial charge is 0.343 e. The zero-order chi connectivity index (χ0) is 32.3. The summed E-state index contributed by atoms with van der Waals surface area (Å²) in [5, 5.41) is 6.81. The Morgan fingerprint density at radius 2 is 1.44 bits per heavy atom. The maximum Gasteiger partial charge on any atom is 0.343 e. The van der Waals surface area contributed by atoms with Crippen molar-refractivity contribution in [2.24, 2.45) is 5.10 Å². The number of ether oxygens (including phenoxy) is 5. The fourth-order valence-corrected chi connectivity index (χ4v) is 4.23. The minimum absolute atomic E-state index is 0.184. The van der Waals surface area contributed by atoms with E-state index in [9.17, 15) is 14.4 Å². The van der Waals surface area contributed by atoms with Crippen LogP contribution in [0.15, 0.2) is 84.0 Å². The highest BCUT2D eigenvalue weighted by Crippen LogP contribution is 2.38. The standard InChI is InChI=1S/C34H33N3O8/c1-6-44-28-17-22(13-16-27(28)45-34(40)23-14-11-21(2)12-15-23)20-35-37-33(39)25-9-7-8-10-26(25)36-32(38)24-18-29(41-3)31(43-5)30(19-24)42-4/h7-20H,6H2,1-5H3,(H,36,38)(H,37,39)/b35-20-. The molecule has 0 saturated carbocycles. The zero-order valence-corrected chi connectivity index (χ0v) is 25.5. The summed E-state index contributed by atoms with van der Waals surface area (Å²) in [6.07, 6.45) is 1.42. The molecule has 0 fully saturated rings. The molecule has 0 aliphatic heterocycles. The van der Waals surface area contributed by atoms with Gasteiger partial charge in [0, 0.05) is 5.56 Å². The lowest BCUT2D eigenvalue weighted by Crippen LogP contribution is -2.21. The molecular formula is C34H33N3O8. The number of hydrazone groups is 1. The number of benzene rings is 4. The number of rotatable bonds is 12. The second-order valence-electron chi connectivity index (χ2n) is 9.51. The lowest BCUT2D eigenvalue weighted by atomic mass is 10.1. The number of nitrogens with zero attached hydrogens (tertiary/aromatic N) is 1. The van der Waals surface area contributed by atoms with Gasteiger partial charge in [-0.2, -0.15) is 5.10 Å². The lowest BCUT2D eigenvalue weighted by Gasteiger charge is -2.15. The highest BCUT2D eigenvalue weighted by atomic mass is 16.6. The van der Waals surface area contributed by atoms with E-state index >= 15 is 0 Å². The van der Waals surface area contributed by atoms with Crippen molar-refractivity contribution in [2.75, 3.05) is 33.3 Å². The summed E-state index contributed by atoms with van der Waals surface area (Å²) in [6, 6.07) is 21.5. The van der Waals surface area contributed by atoms with Crippen LogP contribution < -0.4 is 34.4 Å². The van der Waals surface area contributed by atoms with E-state index < -0.39 is 17.8 Å². The molecule has 45 heavy (non-hydrogen) atoms. The van der Waals surface area contributed by atoms with Crippen molar-refractivity contribution < 1.29 is 38.1 Å². The molecule has 0 radical (unpaired) electrons. The molecule has 4 rings (SSSR count). The molecule has 232 valence electrons. The van der Waals surface area contributed by atoms with E-state index in [1.54, 1.807) is 54.6 Å². The van der Waals surface area contributed by atoms with Crippen molar-refractivity contribution in [1.82, 2.24) is 5.43 Å². The summed E-state index contributed by atoms with van der Waals surface area (Å²) in [7, 11) is 4.37. The van der Waals surface area contributed by atoms with Gasteiger partial charge in [0.1, 0.15) is 0 Å². The van der Waals surface area contributed by atoms with E-state index in [4.69, 9.17) is 23.7 Å². The Bertz CT molecular complexity index is 1690. The lowest BCUT2D eigenvalue weighted by molar-refractivity contribution is 0.0728. The van der Waals surface area contributed by atoms with E-state index in [0.29, 0.717) is 40.7 Å². The van der Waals surface area contributed by atoms with Crippen LogP contribution in [0.5, 0.6) is 28.7 Å². The Balaban J connectivity index is 1.46. The number of carbonyl (C=O) groups is 3. The Morgan fingerprint density at radius 3 is 2.09 bits per heavy atom. The van der Waals surface area contributed by atoms with Gasteiger partial charge < -0.3 is 29.0 Å². The third-order valence-electron chi connectivity index (χ3n) is 6.48. The van der Waals surface area contributed by atoms with E-state index in [2.05, 4.69) is 15.8 Å². The normalized spacial score (nSPS) is 10.6. The SMILES string of the molecule is CCOc1cc(/C=N\NC(=O)c2ccccc2NC(=O)c2cc(OC)c(OC)c(OC)c2)ccc1OC(=O)c1ccc(C)cc1. The van der Waals surface area contributed by atoms with E-state index in [1.807, 2.05) is 26.0 Å². The second kappa shape index (κ2) is 15.1. The number of aryl methyl sites for hydroxylation is 1. The van der Waals surface area contributed by atoms with Gasteiger partial charge in [-0.15, -0.1) is 0 Å². The monoisotopic (exact) mass is 611 g/mol. The van der Waals surface area contributed by atoms with E-state index in [-0.39, 0.29) is 22.6 Å². The molecule has 0 aliphatic rings. The van der Waals surface area contributed by atoms with Gasteiger partial charge in [0.25, 0.3) is 11.8 Å². The van der Waals surface area contributed by atoms with Gasteiger partial charge >= 0.3 is 5.97 Å². The first-order chi connectivity index (χ1) is 21.8. The van der Waals surface area contributed by atoms with E-state index in [0.717, 1.165) is 5.56 Å². The van der Waals surface area contributed by atoms with Crippen LogP contribution in [0.25, 0.3) is 0 Å². The predicted octanol–water partition coefficient (Wildman–Crippen LogP) is 5.65. The first-order valence-corrected chi connectivity index (χ1v) is 13.9. The van der Waals surface area contributed by atoms with Gasteiger partial charge in [-0.1, -0.05) is 29.8 Å². The van der Waals surface area contributed by atoms with Crippen molar-refractivity contribution >= 4 is 29.7 Å². The number of nitrogens with one attached hydrogen (secondary N) is 2. The predicted molar refractivity (Wildman–Crippen MR) is 169 cm³/mol. The van der Waals surface area contributed by atoms with Crippen molar-refractivity contribution in [3.8, 4) is 28.7 Å². The van der Waals surface area contributed by atoms with Crippen LogP contribution >= 0.6 is 0 Å². The molecule has 0 atom stereocenters. The number of para-hydroxylation sites is 1. The summed E-state index contributed by atoms with van der Waals surface area (Å²) >= 11 is 0. The maximum absolute atomic E-state index is 13.1. The van der Waals surface area contributed by atoms with Crippen LogP contribution in [0.4, 0.5) is 5.69 Å². The quantitative estimate of drug-likeness (QED) is 0.0908. The van der Waals surface area contributed by atoms with Crippen molar-refractivity contribution in [2.45, 2.75) is 13.8 Å². The molecule has 4 aromatic carbocycles. The first-order valence-electron chi connectivity index (χ1n) is 13.9. The first kappa shape index (κ1) is 32.1. The second-order valence-corrected chi connectivity index (χ2v) is 9.51. The Morgan fingerprint density at radius 1 is 0.756 bits per heavy atom. The van der Waals surface area contributed by atoms with Crippen LogP contribution in [0.3, 0.4) is 0 Å². The summed E-state index contributed by atoms with van der Waals surface area (Å²) < 4.78 is 27.2. The van der Waals surface area contributed by atoms with Crippen LogP contribution in [-0.4, -0.2) is 51.9 Å². The summed E-state index contributed by atoms with van der Waals surface area (Å²) in [4.78, 5) is 38.8. The largest absolute Gasteiger partial charge is 0.493 e. The van der Waals surface area contributed by atoms with Crippen molar-refractivity contribution in [1.29, 1.82) is 0 Å². The molecule has 0 aromatic heterocycles. The molecular weight excluding hydrogens is 578 g/mol. The van der Waals surface area contributed by atoms with Gasteiger partial charge in [-0.3, -0.25) is 9.59 Å². The molecule has 0 aliphatic carbocycles. The molecule has 0 unspecified atom stereocenters. The Hall–Kier alpha value is -5.84. The fourth-order valence-electron chi connectivity index (χ4n) is 4.23. The van der Waals surface area contributed by atoms with E-state index in [1.165, 1.54) is 39.7 Å². The number of hydrogen-bond acceptors (Lipinski definition) is 9. The van der Waals surface area contributed by atoms with Gasteiger partial charge in [-0.25, -0.2) is 10.2 Å². The van der Waals surface area contributed by atoms with Crippen molar-refractivity contribution in [3.05, 3.63) is 107 Å². The molecule has 4 aromatic rings. The highest BCUT2D eigenvalue weighted by molar-refractivity contribution is 6.09. The number of hydrogen-bond donors (Lipinski definition) is 2. The van der Waals surface area contributed by atoms with Gasteiger partial charge in [0.05, 0.1) is 51.0 Å². The number of methoxy groups -OCH3 is 3. The zero-order valence-electron chi connectivity index (χ0n) is 25.5. The molecule has 11 nitrogen and oxygen atoms in total. The number of anilines is 1. The average molecular weight is 612 g/mol. The Kier molecular flexibility index (Phi) is 10.7. The topological polar surface area (TPSA) is 134 Å². The molecule has 0 saturated heterocycles. The minimum Gasteiger partial charge on any atom is -0.493 e. The molecule has 0 spiro atoms. The molecule has 2 amide bonds. The van der Waals surface area contributed by atoms with Crippen LogP contribution in [0.2, 0.25) is 0 Å². The molecule has 0 heterocycles. The molecule has 2 N–H and O–H groups in total. The van der Waals surface area contributed by atoms with Gasteiger partial charge in [-0.05, 0) is 74.0 Å². The van der Waals surface area contributed by atoms with Gasteiger partial charge in [0.15, 0.2) is 23.0 Å². The number of carbonyl (C=O) groups excluding carboxylic acids is 3. The summed E-state index contributed by atoms with van der Waals surface area (Å²) in [5.41, 5.74) is 5.18. The third-order valence-corrected chi connectivity index (χ3v) is 6.48. The highest BCUT2D eigenvalue weighted by Gasteiger charge is 2.19. The summed E-state index contributed by atoms with van der Waals surface area (Å²) in [6.45, 7) is 4.08. The third kappa shape index (κ3) is 7.96. The van der Waals surface area contributed by atoms with Crippen LogP contribution in [0.1, 0.15) is 49.1 Å². The Labute approximate surface area is 260 Å². The fraction of sp³-hybridized carbons (Fsp3) is 0.176.